The van der Waals surface area contributed by atoms with Gasteiger partial charge in [-0.3, -0.25) is 9.59 Å². The first-order chi connectivity index (χ1) is 11.6. The predicted octanol–water partition coefficient (Wildman–Crippen LogP) is 3.52. The molecule has 0 radical (unpaired) electrons. The van der Waals surface area contributed by atoms with Gasteiger partial charge in [0.1, 0.15) is 5.92 Å². The molecule has 4 heteroatoms. The molecule has 0 bridgehead atoms. The first kappa shape index (κ1) is 14.9. The van der Waals surface area contributed by atoms with E-state index in [1.165, 1.54) is 0 Å². The molecule has 0 spiro atoms. The molecule has 1 aliphatic carbocycles. The monoisotopic (exact) mass is 321 g/mol. The molecule has 2 aromatic carbocycles. The normalized spacial score (nSPS) is 23.0. The van der Waals surface area contributed by atoms with E-state index in [1.807, 2.05) is 36.1 Å². The van der Waals surface area contributed by atoms with Gasteiger partial charge in [0.25, 0.3) is 5.91 Å². The van der Waals surface area contributed by atoms with Crippen molar-refractivity contribution in [3.63, 3.8) is 0 Å². The Morgan fingerprint density at radius 2 is 1.75 bits per heavy atom. The van der Waals surface area contributed by atoms with E-state index in [9.17, 15) is 14.7 Å². The summed E-state index contributed by atoms with van der Waals surface area (Å²) in [6, 6.07) is 14.7. The van der Waals surface area contributed by atoms with Gasteiger partial charge in [0.05, 0.1) is 6.04 Å². The van der Waals surface area contributed by atoms with Crippen LogP contribution in [0.5, 0.6) is 0 Å². The van der Waals surface area contributed by atoms with Crippen molar-refractivity contribution >= 4 is 11.9 Å². The molecule has 0 saturated heterocycles. The number of carboxylic acid groups (broad SMARTS) is 1. The van der Waals surface area contributed by atoms with E-state index in [0.29, 0.717) is 11.1 Å². The minimum atomic E-state index is -0.883. The number of rotatable bonds is 3. The van der Waals surface area contributed by atoms with Gasteiger partial charge >= 0.3 is 5.97 Å². The molecular weight excluding hydrogens is 302 g/mol. The van der Waals surface area contributed by atoms with Crippen LogP contribution in [-0.2, 0) is 4.79 Å². The fourth-order valence-electron chi connectivity index (χ4n) is 3.69. The highest BCUT2D eigenvalue weighted by Gasteiger charge is 2.49. The topological polar surface area (TPSA) is 57.6 Å². The van der Waals surface area contributed by atoms with Crippen LogP contribution in [0, 0.1) is 6.92 Å². The summed E-state index contributed by atoms with van der Waals surface area (Å²) in [5.74, 6) is -1.66. The molecule has 0 aromatic heterocycles. The summed E-state index contributed by atoms with van der Waals surface area (Å²) >= 11 is 0. The molecule has 4 nitrogen and oxygen atoms in total. The first-order valence-electron chi connectivity index (χ1n) is 8.29. The number of nitrogens with zero attached hydrogens (tertiary/aromatic N) is 1. The van der Waals surface area contributed by atoms with E-state index in [1.54, 1.807) is 24.3 Å². The molecule has 122 valence electrons. The van der Waals surface area contributed by atoms with Gasteiger partial charge in [-0.15, -0.1) is 0 Å². The maximum atomic E-state index is 13.1. The lowest BCUT2D eigenvalue weighted by Crippen LogP contribution is -2.46. The smallest absolute Gasteiger partial charge is 0.313 e. The molecule has 2 aromatic rings. The second kappa shape index (κ2) is 5.48. The van der Waals surface area contributed by atoms with Crippen LogP contribution in [0.2, 0.25) is 0 Å². The lowest BCUT2D eigenvalue weighted by Gasteiger charge is -2.41. The number of hydrogen-bond donors (Lipinski definition) is 1. The van der Waals surface area contributed by atoms with Crippen molar-refractivity contribution in [1.82, 2.24) is 4.90 Å². The van der Waals surface area contributed by atoms with Crippen molar-refractivity contribution in [2.24, 2.45) is 0 Å². The van der Waals surface area contributed by atoms with Crippen molar-refractivity contribution in [2.75, 3.05) is 0 Å². The maximum absolute atomic E-state index is 13.1. The molecule has 1 aliphatic heterocycles. The third-order valence-corrected chi connectivity index (χ3v) is 5.00. The second-order valence-corrected chi connectivity index (χ2v) is 6.70. The number of hydrogen-bond acceptors (Lipinski definition) is 2. The molecule has 4 rings (SSSR count). The molecule has 2 aliphatic rings. The highest BCUT2D eigenvalue weighted by Crippen LogP contribution is 2.47. The van der Waals surface area contributed by atoms with E-state index in [2.05, 4.69) is 0 Å². The largest absolute Gasteiger partial charge is 0.481 e. The lowest BCUT2D eigenvalue weighted by molar-refractivity contribution is -0.140. The van der Waals surface area contributed by atoms with E-state index < -0.39 is 17.9 Å². The van der Waals surface area contributed by atoms with Crippen LogP contribution in [-0.4, -0.2) is 27.9 Å². The molecule has 0 unspecified atom stereocenters. The summed E-state index contributed by atoms with van der Waals surface area (Å²) < 4.78 is 0. The Morgan fingerprint density at radius 3 is 2.38 bits per heavy atom. The Balaban J connectivity index is 1.91. The summed E-state index contributed by atoms with van der Waals surface area (Å²) in [5, 5.41) is 9.94. The molecule has 1 fully saturated rings. The summed E-state index contributed by atoms with van der Waals surface area (Å²) in [7, 11) is 0. The van der Waals surface area contributed by atoms with Gasteiger partial charge in [0, 0.05) is 11.6 Å². The van der Waals surface area contributed by atoms with Gasteiger partial charge in [0.2, 0.25) is 0 Å². The van der Waals surface area contributed by atoms with Crippen LogP contribution in [0.4, 0.5) is 0 Å². The average molecular weight is 321 g/mol. The fourth-order valence-corrected chi connectivity index (χ4v) is 3.69. The molecular formula is C20H19NO3. The zero-order valence-electron chi connectivity index (χ0n) is 13.5. The number of amides is 1. The summed E-state index contributed by atoms with van der Waals surface area (Å²) in [5.41, 5.74) is 3.16. The van der Waals surface area contributed by atoms with E-state index in [0.717, 1.165) is 24.0 Å². The number of benzene rings is 2. The van der Waals surface area contributed by atoms with Crippen molar-refractivity contribution in [3.05, 3.63) is 70.8 Å². The predicted molar refractivity (Wildman–Crippen MR) is 89.9 cm³/mol. The van der Waals surface area contributed by atoms with E-state index in [4.69, 9.17) is 0 Å². The van der Waals surface area contributed by atoms with E-state index in [-0.39, 0.29) is 11.9 Å². The van der Waals surface area contributed by atoms with Gasteiger partial charge in [-0.2, -0.15) is 0 Å². The molecule has 1 saturated carbocycles. The van der Waals surface area contributed by atoms with Crippen LogP contribution in [0.25, 0.3) is 0 Å². The fraction of sp³-hybridized carbons (Fsp3) is 0.300. The van der Waals surface area contributed by atoms with Crippen molar-refractivity contribution < 1.29 is 14.7 Å². The summed E-state index contributed by atoms with van der Waals surface area (Å²) in [6.07, 6.45) is 1.89. The zero-order valence-corrected chi connectivity index (χ0v) is 13.5. The van der Waals surface area contributed by atoms with Crippen LogP contribution < -0.4 is 0 Å². The third kappa shape index (κ3) is 2.30. The zero-order chi connectivity index (χ0) is 16.8. The van der Waals surface area contributed by atoms with Gasteiger partial charge in [0.15, 0.2) is 0 Å². The van der Waals surface area contributed by atoms with Crippen molar-refractivity contribution in [3.8, 4) is 0 Å². The Labute approximate surface area is 140 Å². The minimum Gasteiger partial charge on any atom is -0.481 e. The quantitative estimate of drug-likeness (QED) is 0.941. The maximum Gasteiger partial charge on any atom is 0.313 e. The highest BCUT2D eigenvalue weighted by molar-refractivity contribution is 6.00. The summed E-state index contributed by atoms with van der Waals surface area (Å²) in [4.78, 5) is 27.0. The number of aryl methyl sites for hydroxylation is 1. The molecule has 2 atom stereocenters. The number of fused-ring (bicyclic) bond motifs is 1. The van der Waals surface area contributed by atoms with Gasteiger partial charge in [-0.25, -0.2) is 0 Å². The van der Waals surface area contributed by atoms with Gasteiger partial charge < -0.3 is 10.0 Å². The number of aliphatic carboxylic acids is 1. The molecule has 1 N–H and O–H groups in total. The standard InChI is InChI=1S/C20H19NO3/c1-12-6-8-13(9-7-12)18-17(20(23)24)15-4-2-3-5-16(15)19(22)21(18)14-10-11-14/h2-9,14,17-18H,10-11H2,1H3,(H,23,24)/t17-,18+/m0/s1. The second-order valence-electron chi connectivity index (χ2n) is 6.70. The SMILES string of the molecule is Cc1ccc([C@@H]2[C@@H](C(=O)O)c3ccccc3C(=O)N2C2CC2)cc1. The number of carboxylic acids is 1. The molecule has 1 amide bonds. The first-order valence-corrected chi connectivity index (χ1v) is 8.29. The van der Waals surface area contributed by atoms with E-state index >= 15 is 0 Å². The van der Waals surface area contributed by atoms with Crippen LogP contribution in [0.15, 0.2) is 48.5 Å². The van der Waals surface area contributed by atoms with Gasteiger partial charge in [-0.05, 0) is 37.0 Å². The summed E-state index contributed by atoms with van der Waals surface area (Å²) in [6.45, 7) is 2.00. The van der Waals surface area contributed by atoms with Gasteiger partial charge in [-0.1, -0.05) is 48.0 Å². The molecule has 1 heterocycles. The van der Waals surface area contributed by atoms with Crippen molar-refractivity contribution in [2.45, 2.75) is 37.8 Å². The van der Waals surface area contributed by atoms with Crippen LogP contribution in [0.1, 0.15) is 51.8 Å². The number of carbonyl (C=O) groups is 2. The Bertz CT molecular complexity index is 808. The average Bonchev–Trinajstić information content (AvgIpc) is 3.40. The lowest BCUT2D eigenvalue weighted by atomic mass is 9.79. The highest BCUT2D eigenvalue weighted by atomic mass is 16.4. The Hall–Kier alpha value is -2.62. The van der Waals surface area contributed by atoms with Crippen LogP contribution in [0.3, 0.4) is 0 Å². The minimum absolute atomic E-state index is 0.0452. The third-order valence-electron chi connectivity index (χ3n) is 5.00. The Morgan fingerprint density at radius 1 is 1.08 bits per heavy atom. The Kier molecular flexibility index (Phi) is 3.41. The molecule has 24 heavy (non-hydrogen) atoms. The number of carbonyl (C=O) groups excluding carboxylic acids is 1. The van der Waals surface area contributed by atoms with Crippen molar-refractivity contribution in [1.29, 1.82) is 0 Å². The van der Waals surface area contributed by atoms with Crippen LogP contribution >= 0.6 is 0 Å².